The first-order valence-electron chi connectivity index (χ1n) is 5.56. The van der Waals surface area contributed by atoms with Gasteiger partial charge in [0, 0.05) is 11.3 Å². The topological polar surface area (TPSA) is 73.3 Å². The summed E-state index contributed by atoms with van der Waals surface area (Å²) in [6, 6.07) is 3.82. The second-order valence-electron chi connectivity index (χ2n) is 3.97. The standard InChI is InChI=1S/C12H16FN3O/c13-8-4-5-10(14)9(7-8)12(16-15)11-3-1-2-6-17-11/h3-5,7,12,16H,1-2,6,14-15H2. The lowest BCUT2D eigenvalue weighted by atomic mass is 10.0. The molecule has 1 aliphatic heterocycles. The third-order valence-electron chi connectivity index (χ3n) is 2.77. The van der Waals surface area contributed by atoms with Crippen LogP contribution in [0.5, 0.6) is 0 Å². The van der Waals surface area contributed by atoms with Crippen LogP contribution in [0.3, 0.4) is 0 Å². The number of nitrogens with one attached hydrogen (secondary N) is 1. The highest BCUT2D eigenvalue weighted by molar-refractivity contribution is 5.50. The van der Waals surface area contributed by atoms with Gasteiger partial charge in [0.25, 0.3) is 0 Å². The summed E-state index contributed by atoms with van der Waals surface area (Å²) in [6.07, 6.45) is 3.88. The van der Waals surface area contributed by atoms with E-state index >= 15 is 0 Å². The molecule has 0 saturated carbocycles. The molecule has 5 N–H and O–H groups in total. The molecule has 0 aromatic heterocycles. The molecule has 1 aromatic rings. The Morgan fingerprint density at radius 2 is 2.24 bits per heavy atom. The summed E-state index contributed by atoms with van der Waals surface area (Å²) < 4.78 is 18.7. The van der Waals surface area contributed by atoms with Crippen molar-refractivity contribution in [3.63, 3.8) is 0 Å². The van der Waals surface area contributed by atoms with Crippen LogP contribution < -0.4 is 17.0 Å². The molecular weight excluding hydrogens is 221 g/mol. The Morgan fingerprint density at radius 1 is 1.41 bits per heavy atom. The maximum Gasteiger partial charge on any atom is 0.123 e. The third-order valence-corrected chi connectivity index (χ3v) is 2.77. The van der Waals surface area contributed by atoms with Crippen molar-refractivity contribution in [1.82, 2.24) is 5.43 Å². The number of anilines is 1. The summed E-state index contributed by atoms with van der Waals surface area (Å²) in [4.78, 5) is 0. The number of benzene rings is 1. The van der Waals surface area contributed by atoms with Crippen molar-refractivity contribution in [1.29, 1.82) is 0 Å². The quantitative estimate of drug-likeness (QED) is 0.424. The Labute approximate surface area is 99.4 Å². The molecule has 4 nitrogen and oxygen atoms in total. The van der Waals surface area contributed by atoms with Gasteiger partial charge in [-0.05, 0) is 37.1 Å². The highest BCUT2D eigenvalue weighted by atomic mass is 19.1. The van der Waals surface area contributed by atoms with Gasteiger partial charge >= 0.3 is 0 Å². The van der Waals surface area contributed by atoms with Gasteiger partial charge in [-0.1, -0.05) is 0 Å². The van der Waals surface area contributed by atoms with E-state index in [1.54, 1.807) is 0 Å². The van der Waals surface area contributed by atoms with Crippen molar-refractivity contribution < 1.29 is 9.13 Å². The first-order chi connectivity index (χ1) is 8.22. The molecule has 0 saturated heterocycles. The fourth-order valence-corrected chi connectivity index (χ4v) is 1.90. The Kier molecular flexibility index (Phi) is 3.61. The maximum atomic E-state index is 13.2. The minimum absolute atomic E-state index is 0.342. The number of nitrogens with two attached hydrogens (primary N) is 2. The lowest BCUT2D eigenvalue weighted by Gasteiger charge is -2.24. The normalized spacial score (nSPS) is 17.2. The molecule has 5 heteroatoms. The van der Waals surface area contributed by atoms with E-state index in [1.165, 1.54) is 18.2 Å². The number of halogens is 1. The first kappa shape index (κ1) is 11.9. The maximum absolute atomic E-state index is 13.2. The lowest BCUT2D eigenvalue weighted by molar-refractivity contribution is 0.168. The number of ether oxygens (including phenoxy) is 1. The van der Waals surface area contributed by atoms with E-state index in [0.717, 1.165) is 12.8 Å². The number of hydrogen-bond acceptors (Lipinski definition) is 4. The average Bonchev–Trinajstić information content (AvgIpc) is 2.36. The van der Waals surface area contributed by atoms with Crippen LogP contribution in [0, 0.1) is 5.82 Å². The number of hydrogen-bond donors (Lipinski definition) is 3. The summed E-state index contributed by atoms with van der Waals surface area (Å²) in [7, 11) is 0. The molecule has 1 aliphatic rings. The van der Waals surface area contributed by atoms with Crippen molar-refractivity contribution in [3.8, 4) is 0 Å². The van der Waals surface area contributed by atoms with Gasteiger partial charge in [0.15, 0.2) is 0 Å². The molecule has 1 heterocycles. The zero-order valence-corrected chi connectivity index (χ0v) is 9.45. The van der Waals surface area contributed by atoms with E-state index < -0.39 is 6.04 Å². The van der Waals surface area contributed by atoms with Crippen LogP contribution in [0.25, 0.3) is 0 Å². The lowest BCUT2D eigenvalue weighted by Crippen LogP contribution is -2.31. The van der Waals surface area contributed by atoms with Crippen LogP contribution in [0.1, 0.15) is 24.4 Å². The van der Waals surface area contributed by atoms with E-state index in [0.29, 0.717) is 23.6 Å². The smallest absolute Gasteiger partial charge is 0.123 e. The Hall–Kier alpha value is -1.59. The fraction of sp³-hybridized carbons (Fsp3) is 0.333. The highest BCUT2D eigenvalue weighted by Gasteiger charge is 2.21. The summed E-state index contributed by atoms with van der Waals surface area (Å²) in [5.41, 5.74) is 9.53. The molecule has 0 amide bonds. The molecule has 0 radical (unpaired) electrons. The van der Waals surface area contributed by atoms with Gasteiger partial charge in [0.1, 0.15) is 17.6 Å². The van der Waals surface area contributed by atoms with Crippen LogP contribution in [-0.4, -0.2) is 6.61 Å². The minimum Gasteiger partial charge on any atom is -0.496 e. The fourth-order valence-electron chi connectivity index (χ4n) is 1.90. The molecule has 0 aliphatic carbocycles. The molecule has 17 heavy (non-hydrogen) atoms. The largest absolute Gasteiger partial charge is 0.496 e. The minimum atomic E-state index is -0.397. The van der Waals surface area contributed by atoms with Crippen LogP contribution >= 0.6 is 0 Å². The predicted octanol–water partition coefficient (Wildman–Crippen LogP) is 1.61. The second-order valence-corrected chi connectivity index (χ2v) is 3.97. The van der Waals surface area contributed by atoms with Crippen molar-refractivity contribution in [3.05, 3.63) is 41.4 Å². The average molecular weight is 237 g/mol. The molecule has 0 spiro atoms. The van der Waals surface area contributed by atoms with Gasteiger partial charge in [-0.15, -0.1) is 0 Å². The van der Waals surface area contributed by atoms with Crippen LogP contribution in [0.2, 0.25) is 0 Å². The zero-order chi connectivity index (χ0) is 12.3. The number of nitrogen functional groups attached to an aromatic ring is 1. The SMILES string of the molecule is NNC(C1=CCCCO1)c1cc(F)ccc1N. The van der Waals surface area contributed by atoms with E-state index in [1.807, 2.05) is 6.08 Å². The van der Waals surface area contributed by atoms with Crippen molar-refractivity contribution in [2.24, 2.45) is 5.84 Å². The Balaban J connectivity index is 2.34. The van der Waals surface area contributed by atoms with E-state index in [-0.39, 0.29) is 5.82 Å². The van der Waals surface area contributed by atoms with Gasteiger partial charge in [-0.3, -0.25) is 5.84 Å². The van der Waals surface area contributed by atoms with Crippen LogP contribution in [0.4, 0.5) is 10.1 Å². The van der Waals surface area contributed by atoms with Crippen LogP contribution in [0.15, 0.2) is 30.0 Å². The Morgan fingerprint density at radius 3 is 2.88 bits per heavy atom. The molecule has 2 rings (SSSR count). The van der Waals surface area contributed by atoms with E-state index in [4.69, 9.17) is 16.3 Å². The molecule has 92 valence electrons. The van der Waals surface area contributed by atoms with E-state index in [9.17, 15) is 4.39 Å². The zero-order valence-electron chi connectivity index (χ0n) is 9.45. The molecular formula is C12H16FN3O. The Bertz CT molecular complexity index is 434. The molecule has 0 fully saturated rings. The number of rotatable bonds is 3. The van der Waals surface area contributed by atoms with Crippen molar-refractivity contribution >= 4 is 5.69 Å². The van der Waals surface area contributed by atoms with Crippen LogP contribution in [-0.2, 0) is 4.74 Å². The monoisotopic (exact) mass is 237 g/mol. The predicted molar refractivity (Wildman–Crippen MR) is 64.1 cm³/mol. The third kappa shape index (κ3) is 2.57. The molecule has 1 atom stereocenters. The van der Waals surface area contributed by atoms with Crippen molar-refractivity contribution in [2.75, 3.05) is 12.3 Å². The second kappa shape index (κ2) is 5.16. The first-order valence-corrected chi connectivity index (χ1v) is 5.56. The van der Waals surface area contributed by atoms with Gasteiger partial charge in [-0.2, -0.15) is 0 Å². The molecule has 1 unspecified atom stereocenters. The summed E-state index contributed by atoms with van der Waals surface area (Å²) in [5.74, 6) is 5.87. The highest BCUT2D eigenvalue weighted by Crippen LogP contribution is 2.29. The number of allylic oxidation sites excluding steroid dienone is 1. The van der Waals surface area contributed by atoms with Crippen molar-refractivity contribution in [2.45, 2.75) is 18.9 Å². The molecule has 1 aromatic carbocycles. The summed E-state index contributed by atoms with van der Waals surface area (Å²) in [6.45, 7) is 0.652. The number of hydrazine groups is 1. The summed E-state index contributed by atoms with van der Waals surface area (Å²) in [5, 5.41) is 0. The van der Waals surface area contributed by atoms with Gasteiger partial charge in [0.05, 0.1) is 6.61 Å². The molecule has 0 bridgehead atoms. The van der Waals surface area contributed by atoms with Gasteiger partial charge < -0.3 is 10.5 Å². The van der Waals surface area contributed by atoms with E-state index in [2.05, 4.69) is 5.43 Å². The van der Waals surface area contributed by atoms with Gasteiger partial charge in [-0.25, -0.2) is 9.82 Å². The summed E-state index contributed by atoms with van der Waals surface area (Å²) >= 11 is 0. The van der Waals surface area contributed by atoms with Gasteiger partial charge in [0.2, 0.25) is 0 Å².